The molecule has 2 amide bonds. The van der Waals surface area contributed by atoms with Crippen LogP contribution in [-0.2, 0) is 14.3 Å². The summed E-state index contributed by atoms with van der Waals surface area (Å²) in [6.45, 7) is 3.61. The summed E-state index contributed by atoms with van der Waals surface area (Å²) in [7, 11) is 0. The first kappa shape index (κ1) is 19.4. The van der Waals surface area contributed by atoms with Crippen LogP contribution in [0.15, 0.2) is 48.5 Å². The summed E-state index contributed by atoms with van der Waals surface area (Å²) in [5.41, 5.74) is 1.58. The predicted octanol–water partition coefficient (Wildman–Crippen LogP) is 3.01. The van der Waals surface area contributed by atoms with Gasteiger partial charge in [0, 0.05) is 12.5 Å². The number of para-hydroxylation sites is 2. The van der Waals surface area contributed by atoms with Crippen LogP contribution < -0.4 is 15.0 Å². The summed E-state index contributed by atoms with van der Waals surface area (Å²) in [5.74, 6) is -0.473. The number of benzene rings is 2. The van der Waals surface area contributed by atoms with E-state index in [-0.39, 0.29) is 37.5 Å². The van der Waals surface area contributed by atoms with Crippen molar-refractivity contribution in [3.05, 3.63) is 54.1 Å². The number of hydrogen-bond acceptors (Lipinski definition) is 5. The molecule has 7 heteroatoms. The van der Waals surface area contributed by atoms with Gasteiger partial charge in [-0.3, -0.25) is 9.59 Å². The molecule has 0 bridgehead atoms. The lowest BCUT2D eigenvalue weighted by Gasteiger charge is -2.27. The van der Waals surface area contributed by atoms with Gasteiger partial charge in [0.2, 0.25) is 5.91 Å². The first-order chi connectivity index (χ1) is 13.5. The van der Waals surface area contributed by atoms with Crippen LogP contribution in [0.2, 0.25) is 0 Å². The molecule has 0 radical (unpaired) electrons. The Morgan fingerprint density at radius 2 is 1.96 bits per heavy atom. The first-order valence-electron chi connectivity index (χ1n) is 9.10. The summed E-state index contributed by atoms with van der Waals surface area (Å²) < 4.78 is 10.6. The summed E-state index contributed by atoms with van der Waals surface area (Å²) in [4.78, 5) is 38.3. The van der Waals surface area contributed by atoms with E-state index >= 15 is 0 Å². The number of nitrogens with zero attached hydrogens (tertiary/aromatic N) is 1. The van der Waals surface area contributed by atoms with Gasteiger partial charge in [-0.05, 0) is 44.2 Å². The van der Waals surface area contributed by atoms with Gasteiger partial charge in [0.25, 0.3) is 5.91 Å². The smallest absolute Gasteiger partial charge is 0.338 e. The fraction of sp³-hybridized carbons (Fsp3) is 0.286. The van der Waals surface area contributed by atoms with E-state index in [1.807, 2.05) is 13.0 Å². The van der Waals surface area contributed by atoms with E-state index in [2.05, 4.69) is 5.32 Å². The standard InChI is InChI=1S/C21H22N2O5/c1-3-27-21(26)15-7-6-8-16(12-15)28-13-20(25)23-14(2)11-19(24)22-17-9-4-5-10-18(17)23/h4-10,12,14H,3,11,13H2,1-2H3,(H,22,24)/t14-/m1/s1. The number of amides is 2. The molecule has 0 unspecified atom stereocenters. The Morgan fingerprint density at radius 1 is 1.18 bits per heavy atom. The molecule has 0 spiro atoms. The average molecular weight is 382 g/mol. The number of rotatable bonds is 5. The van der Waals surface area contributed by atoms with Crippen LogP contribution in [0.3, 0.4) is 0 Å². The fourth-order valence-corrected chi connectivity index (χ4v) is 3.11. The lowest BCUT2D eigenvalue weighted by Crippen LogP contribution is -2.41. The number of hydrogen-bond donors (Lipinski definition) is 1. The average Bonchev–Trinajstić information content (AvgIpc) is 2.80. The molecule has 0 fully saturated rings. The maximum absolute atomic E-state index is 12.9. The normalized spacial score (nSPS) is 15.9. The van der Waals surface area contributed by atoms with Gasteiger partial charge < -0.3 is 19.7 Å². The third-order valence-electron chi connectivity index (χ3n) is 4.34. The van der Waals surface area contributed by atoms with E-state index < -0.39 is 5.97 Å². The van der Waals surface area contributed by atoms with Crippen LogP contribution in [0.5, 0.6) is 5.75 Å². The maximum Gasteiger partial charge on any atom is 0.338 e. The number of nitrogens with one attached hydrogen (secondary N) is 1. The van der Waals surface area contributed by atoms with Gasteiger partial charge in [-0.15, -0.1) is 0 Å². The van der Waals surface area contributed by atoms with E-state index in [9.17, 15) is 14.4 Å². The van der Waals surface area contributed by atoms with Crippen molar-refractivity contribution in [3.8, 4) is 5.75 Å². The Labute approximate surface area is 163 Å². The summed E-state index contributed by atoms with van der Waals surface area (Å²) >= 11 is 0. The van der Waals surface area contributed by atoms with Crippen molar-refractivity contribution in [1.29, 1.82) is 0 Å². The number of anilines is 2. The SMILES string of the molecule is CCOC(=O)c1cccc(OCC(=O)N2c3ccccc3NC(=O)C[C@H]2C)c1. The number of fused-ring (bicyclic) bond motifs is 1. The molecule has 1 aliphatic rings. The first-order valence-corrected chi connectivity index (χ1v) is 9.10. The molecule has 1 aliphatic heterocycles. The second kappa shape index (κ2) is 8.56. The Balaban J connectivity index is 1.75. The number of ether oxygens (including phenoxy) is 2. The third-order valence-corrected chi connectivity index (χ3v) is 4.34. The molecule has 1 atom stereocenters. The van der Waals surface area contributed by atoms with Crippen molar-refractivity contribution in [1.82, 2.24) is 0 Å². The highest BCUT2D eigenvalue weighted by Gasteiger charge is 2.29. The highest BCUT2D eigenvalue weighted by Crippen LogP contribution is 2.31. The molecule has 2 aromatic rings. The Bertz CT molecular complexity index is 896. The largest absolute Gasteiger partial charge is 0.484 e. The number of carbonyl (C=O) groups excluding carboxylic acids is 3. The van der Waals surface area contributed by atoms with Crippen molar-refractivity contribution < 1.29 is 23.9 Å². The highest BCUT2D eigenvalue weighted by molar-refractivity contribution is 6.04. The lowest BCUT2D eigenvalue weighted by atomic mass is 10.1. The second-order valence-electron chi connectivity index (χ2n) is 6.42. The molecule has 0 aromatic heterocycles. The molecule has 1 heterocycles. The topological polar surface area (TPSA) is 84.9 Å². The Morgan fingerprint density at radius 3 is 2.75 bits per heavy atom. The van der Waals surface area contributed by atoms with Gasteiger partial charge in [0.1, 0.15) is 5.75 Å². The van der Waals surface area contributed by atoms with Crippen LogP contribution in [0.4, 0.5) is 11.4 Å². The predicted molar refractivity (Wildman–Crippen MR) is 105 cm³/mol. The Hall–Kier alpha value is -3.35. The van der Waals surface area contributed by atoms with Crippen molar-refractivity contribution >= 4 is 29.2 Å². The maximum atomic E-state index is 12.9. The molecule has 0 aliphatic carbocycles. The van der Waals surface area contributed by atoms with Crippen molar-refractivity contribution in [3.63, 3.8) is 0 Å². The molecular formula is C21H22N2O5. The number of carbonyl (C=O) groups is 3. The molecule has 146 valence electrons. The molecule has 3 rings (SSSR count). The zero-order chi connectivity index (χ0) is 20.1. The van der Waals surface area contributed by atoms with Gasteiger partial charge >= 0.3 is 5.97 Å². The minimum absolute atomic E-state index is 0.140. The minimum atomic E-state index is -0.445. The summed E-state index contributed by atoms with van der Waals surface area (Å²) in [5, 5.41) is 2.82. The molecule has 2 aromatic carbocycles. The number of esters is 1. The van der Waals surface area contributed by atoms with E-state index in [4.69, 9.17) is 9.47 Å². The zero-order valence-corrected chi connectivity index (χ0v) is 15.8. The van der Waals surface area contributed by atoms with Crippen molar-refractivity contribution in [2.75, 3.05) is 23.4 Å². The molecule has 28 heavy (non-hydrogen) atoms. The molecule has 0 saturated heterocycles. The van der Waals surface area contributed by atoms with Gasteiger partial charge in [-0.1, -0.05) is 18.2 Å². The van der Waals surface area contributed by atoms with Crippen LogP contribution in [0, 0.1) is 0 Å². The van der Waals surface area contributed by atoms with Crippen LogP contribution >= 0.6 is 0 Å². The molecule has 7 nitrogen and oxygen atoms in total. The van der Waals surface area contributed by atoms with E-state index in [1.54, 1.807) is 48.2 Å². The molecule has 0 saturated carbocycles. The van der Waals surface area contributed by atoms with Crippen LogP contribution in [-0.4, -0.2) is 37.0 Å². The molecule has 1 N–H and O–H groups in total. The van der Waals surface area contributed by atoms with E-state index in [0.29, 0.717) is 22.7 Å². The van der Waals surface area contributed by atoms with Crippen molar-refractivity contribution in [2.45, 2.75) is 26.3 Å². The van der Waals surface area contributed by atoms with Gasteiger partial charge in [-0.2, -0.15) is 0 Å². The summed E-state index contributed by atoms with van der Waals surface area (Å²) in [6, 6.07) is 13.3. The zero-order valence-electron chi connectivity index (χ0n) is 15.8. The lowest BCUT2D eigenvalue weighted by molar-refractivity contribution is -0.121. The fourth-order valence-electron chi connectivity index (χ4n) is 3.11. The van der Waals surface area contributed by atoms with Gasteiger partial charge in [-0.25, -0.2) is 4.79 Å². The third kappa shape index (κ3) is 4.31. The monoisotopic (exact) mass is 382 g/mol. The highest BCUT2D eigenvalue weighted by atomic mass is 16.5. The minimum Gasteiger partial charge on any atom is -0.484 e. The summed E-state index contributed by atoms with van der Waals surface area (Å²) in [6.07, 6.45) is 0.193. The quantitative estimate of drug-likeness (QED) is 0.804. The van der Waals surface area contributed by atoms with E-state index in [0.717, 1.165) is 0 Å². The Kier molecular flexibility index (Phi) is 5.93. The second-order valence-corrected chi connectivity index (χ2v) is 6.42. The molecular weight excluding hydrogens is 360 g/mol. The van der Waals surface area contributed by atoms with Crippen LogP contribution in [0.1, 0.15) is 30.6 Å². The van der Waals surface area contributed by atoms with E-state index in [1.165, 1.54) is 6.07 Å². The van der Waals surface area contributed by atoms with Crippen molar-refractivity contribution in [2.24, 2.45) is 0 Å². The van der Waals surface area contributed by atoms with Gasteiger partial charge in [0.05, 0.1) is 23.5 Å². The van der Waals surface area contributed by atoms with Gasteiger partial charge in [0.15, 0.2) is 6.61 Å². The van der Waals surface area contributed by atoms with Crippen LogP contribution in [0.25, 0.3) is 0 Å².